The van der Waals surface area contributed by atoms with Crippen LogP contribution in [0.15, 0.2) is 41.5 Å². The highest BCUT2D eigenvalue weighted by molar-refractivity contribution is 6.06. The lowest BCUT2D eigenvalue weighted by Gasteiger charge is -2.54. The molecule has 4 aliphatic heterocycles. The summed E-state index contributed by atoms with van der Waals surface area (Å²) in [4.78, 5) is 24.2. The molecule has 174 valence electrons. The Labute approximate surface area is 196 Å². The van der Waals surface area contributed by atoms with Crippen LogP contribution in [0.25, 0.3) is 0 Å². The molecule has 0 saturated carbocycles. The molecule has 1 aromatic carbocycles. The average Bonchev–Trinajstić information content (AvgIpc) is 2.86. The maximum absolute atomic E-state index is 4.95. The normalized spacial score (nSPS) is 23.0. The fourth-order valence-electron chi connectivity index (χ4n) is 5.69. The van der Waals surface area contributed by atoms with Gasteiger partial charge in [0.25, 0.3) is 0 Å². The van der Waals surface area contributed by atoms with Gasteiger partial charge in [-0.15, -0.1) is 0 Å². The molecule has 6 rings (SSSR count). The van der Waals surface area contributed by atoms with E-state index in [-0.39, 0.29) is 5.66 Å². The number of aliphatic imine (C=N–C) groups is 1. The van der Waals surface area contributed by atoms with Crippen molar-refractivity contribution in [2.75, 3.05) is 69.6 Å². The predicted octanol–water partition coefficient (Wildman–Crippen LogP) is 2.10. The van der Waals surface area contributed by atoms with E-state index >= 15 is 0 Å². The van der Waals surface area contributed by atoms with E-state index in [0.29, 0.717) is 0 Å². The fourth-order valence-corrected chi connectivity index (χ4v) is 5.69. The molecule has 5 heterocycles. The Hall–Kier alpha value is -2.71. The zero-order valence-electron chi connectivity index (χ0n) is 19.6. The maximum Gasteiger partial charge on any atom is 0.225 e. The van der Waals surface area contributed by atoms with Crippen molar-refractivity contribution in [2.45, 2.75) is 31.5 Å². The van der Waals surface area contributed by atoms with E-state index in [4.69, 9.17) is 9.98 Å². The van der Waals surface area contributed by atoms with E-state index in [0.717, 1.165) is 89.8 Å². The van der Waals surface area contributed by atoms with Crippen LogP contribution in [0.3, 0.4) is 0 Å². The number of likely N-dealkylation sites (N-methyl/N-ethyl adjacent to an activating group) is 1. The molecule has 2 saturated heterocycles. The third-order valence-corrected chi connectivity index (χ3v) is 7.66. The van der Waals surface area contributed by atoms with Crippen LogP contribution >= 0.6 is 0 Å². The second kappa shape index (κ2) is 8.57. The highest BCUT2D eigenvalue weighted by Crippen LogP contribution is 2.39. The molecule has 0 atom stereocenters. The maximum atomic E-state index is 4.95. The van der Waals surface area contributed by atoms with Gasteiger partial charge in [0, 0.05) is 89.2 Å². The number of nitrogens with zero attached hydrogens (tertiary/aromatic N) is 7. The lowest BCUT2D eigenvalue weighted by atomic mass is 9.89. The second-order valence-electron chi connectivity index (χ2n) is 9.83. The van der Waals surface area contributed by atoms with Gasteiger partial charge >= 0.3 is 0 Å². The highest BCUT2D eigenvalue weighted by Gasteiger charge is 2.45. The predicted molar refractivity (Wildman–Crippen MR) is 132 cm³/mol. The van der Waals surface area contributed by atoms with Crippen LogP contribution in [0.1, 0.15) is 30.5 Å². The highest BCUT2D eigenvalue weighted by atomic mass is 15.4. The molecule has 0 bridgehead atoms. The number of fused-ring (bicyclic) bond motifs is 4. The largest absolute Gasteiger partial charge is 0.362 e. The van der Waals surface area contributed by atoms with Crippen LogP contribution in [-0.2, 0) is 6.54 Å². The Bertz CT molecular complexity index is 1020. The molecule has 2 fully saturated rings. The molecule has 1 aromatic heterocycles. The average molecular weight is 447 g/mol. The molecule has 0 aliphatic carbocycles. The Balaban J connectivity index is 1.15. The standard InChI is InChI=1S/C25H34N8/c1-30-15-17-32(18-16-30)24-27-11-7-20(28-24)19-31-13-8-25(9-14-31)29-22-6-3-2-5-21(22)23-26-10-4-12-33(23)25/h2-3,5-7,11,29H,4,8-10,12-19H2,1H3. The molecule has 0 amide bonds. The second-order valence-corrected chi connectivity index (χ2v) is 9.83. The third-order valence-electron chi connectivity index (χ3n) is 7.66. The number of nitrogens with one attached hydrogen (secondary N) is 1. The SMILES string of the molecule is CN1CCN(c2nccc(CN3CCC4(CC3)Nc3ccccc3C3=NCCCN34)n2)CC1. The Kier molecular flexibility index (Phi) is 5.42. The first kappa shape index (κ1) is 20.9. The number of benzene rings is 1. The van der Waals surface area contributed by atoms with Crippen LogP contribution in [0.4, 0.5) is 11.6 Å². The van der Waals surface area contributed by atoms with E-state index in [2.05, 4.69) is 67.3 Å². The molecular weight excluding hydrogens is 412 g/mol. The van der Waals surface area contributed by atoms with Crippen LogP contribution < -0.4 is 10.2 Å². The number of aromatic nitrogens is 2. The fraction of sp³-hybridized carbons (Fsp3) is 0.560. The van der Waals surface area contributed by atoms with Gasteiger partial charge in [-0.2, -0.15) is 0 Å². The van der Waals surface area contributed by atoms with Crippen molar-refractivity contribution in [3.8, 4) is 0 Å². The van der Waals surface area contributed by atoms with Gasteiger partial charge in [0.15, 0.2) is 0 Å². The summed E-state index contributed by atoms with van der Waals surface area (Å²) in [6.45, 7) is 9.14. The number of piperidine rings is 1. The summed E-state index contributed by atoms with van der Waals surface area (Å²) in [7, 11) is 2.18. The summed E-state index contributed by atoms with van der Waals surface area (Å²) in [5.41, 5.74) is 3.58. The first-order chi connectivity index (χ1) is 16.2. The number of anilines is 2. The topological polar surface area (TPSA) is 63.1 Å². The summed E-state index contributed by atoms with van der Waals surface area (Å²) in [6, 6.07) is 10.7. The smallest absolute Gasteiger partial charge is 0.225 e. The minimum absolute atomic E-state index is 0.0270. The van der Waals surface area contributed by atoms with Crippen molar-refractivity contribution in [1.82, 2.24) is 24.7 Å². The lowest BCUT2D eigenvalue weighted by molar-refractivity contribution is 0.0793. The van der Waals surface area contributed by atoms with Gasteiger partial charge in [-0.3, -0.25) is 9.89 Å². The summed E-state index contributed by atoms with van der Waals surface area (Å²) in [5.74, 6) is 2.07. The van der Waals surface area contributed by atoms with Crippen molar-refractivity contribution in [3.05, 3.63) is 47.8 Å². The molecule has 0 radical (unpaired) electrons. The van der Waals surface area contributed by atoms with Crippen LogP contribution in [-0.4, -0.2) is 95.6 Å². The minimum Gasteiger partial charge on any atom is -0.362 e. The Morgan fingerprint density at radius 3 is 2.64 bits per heavy atom. The number of hydrogen-bond donors (Lipinski definition) is 1. The number of likely N-dealkylation sites (tertiary alicyclic amines) is 1. The van der Waals surface area contributed by atoms with E-state index in [1.807, 2.05) is 6.20 Å². The van der Waals surface area contributed by atoms with E-state index in [9.17, 15) is 0 Å². The third kappa shape index (κ3) is 3.95. The van der Waals surface area contributed by atoms with Crippen LogP contribution in [0.2, 0.25) is 0 Å². The number of para-hydroxylation sites is 1. The monoisotopic (exact) mass is 446 g/mol. The first-order valence-electron chi connectivity index (χ1n) is 12.4. The van der Waals surface area contributed by atoms with Crippen molar-refractivity contribution in [2.24, 2.45) is 4.99 Å². The number of hydrogen-bond acceptors (Lipinski definition) is 8. The van der Waals surface area contributed by atoms with Gasteiger partial charge in [0.05, 0.1) is 5.69 Å². The molecule has 0 unspecified atom stereocenters. The van der Waals surface area contributed by atoms with E-state index in [1.165, 1.54) is 17.1 Å². The van der Waals surface area contributed by atoms with Gasteiger partial charge in [0.2, 0.25) is 5.95 Å². The number of amidine groups is 1. The quantitative estimate of drug-likeness (QED) is 0.775. The lowest BCUT2D eigenvalue weighted by Crippen LogP contribution is -2.65. The van der Waals surface area contributed by atoms with Gasteiger partial charge in [0.1, 0.15) is 11.5 Å². The summed E-state index contributed by atoms with van der Waals surface area (Å²) < 4.78 is 0. The van der Waals surface area contributed by atoms with Gasteiger partial charge in [-0.05, 0) is 31.7 Å². The van der Waals surface area contributed by atoms with Crippen LogP contribution in [0.5, 0.6) is 0 Å². The van der Waals surface area contributed by atoms with Crippen molar-refractivity contribution < 1.29 is 0 Å². The minimum atomic E-state index is -0.0270. The van der Waals surface area contributed by atoms with E-state index < -0.39 is 0 Å². The summed E-state index contributed by atoms with van der Waals surface area (Å²) in [6.07, 6.45) is 5.22. The number of rotatable bonds is 3. The molecule has 2 aromatic rings. The molecule has 8 heteroatoms. The molecule has 1 N–H and O–H groups in total. The zero-order valence-corrected chi connectivity index (χ0v) is 19.6. The van der Waals surface area contributed by atoms with Gasteiger partial charge in [-0.1, -0.05) is 12.1 Å². The van der Waals surface area contributed by atoms with E-state index in [1.54, 1.807) is 0 Å². The molecule has 1 spiro atoms. The first-order valence-corrected chi connectivity index (χ1v) is 12.4. The van der Waals surface area contributed by atoms with Gasteiger partial charge < -0.3 is 20.0 Å². The summed E-state index contributed by atoms with van der Waals surface area (Å²) >= 11 is 0. The Morgan fingerprint density at radius 1 is 0.970 bits per heavy atom. The van der Waals surface area contributed by atoms with Crippen LogP contribution in [0, 0.1) is 0 Å². The molecule has 33 heavy (non-hydrogen) atoms. The summed E-state index contributed by atoms with van der Waals surface area (Å²) in [5, 5.41) is 3.93. The van der Waals surface area contributed by atoms with Gasteiger partial charge in [-0.25, -0.2) is 9.97 Å². The molecular formula is C25H34N8. The molecule has 8 nitrogen and oxygen atoms in total. The van der Waals surface area contributed by atoms with Crippen molar-refractivity contribution in [3.63, 3.8) is 0 Å². The van der Waals surface area contributed by atoms with Crippen molar-refractivity contribution in [1.29, 1.82) is 0 Å². The zero-order chi connectivity index (χ0) is 22.3. The van der Waals surface area contributed by atoms with Crippen molar-refractivity contribution >= 4 is 17.5 Å². The Morgan fingerprint density at radius 2 is 1.79 bits per heavy atom. The number of piperazine rings is 1. The molecule has 4 aliphatic rings.